The number of benzene rings is 1. The molecular formula is C10H10F3N. The van der Waals surface area contributed by atoms with Gasteiger partial charge in [-0.25, -0.2) is 13.2 Å². The molecule has 1 fully saturated rings. The molecular weight excluding hydrogens is 191 g/mol. The van der Waals surface area contributed by atoms with Crippen molar-refractivity contribution in [1.82, 2.24) is 0 Å². The van der Waals surface area contributed by atoms with E-state index in [0.717, 1.165) is 6.07 Å². The molecule has 0 aromatic heterocycles. The van der Waals surface area contributed by atoms with Crippen LogP contribution >= 0.6 is 0 Å². The first-order valence-corrected chi connectivity index (χ1v) is 4.44. The van der Waals surface area contributed by atoms with E-state index >= 15 is 0 Å². The van der Waals surface area contributed by atoms with Gasteiger partial charge in [-0.3, -0.25) is 0 Å². The summed E-state index contributed by atoms with van der Waals surface area (Å²) in [7, 11) is 0. The van der Waals surface area contributed by atoms with Crippen molar-refractivity contribution in [3.05, 3.63) is 35.1 Å². The molecule has 1 aliphatic rings. The van der Waals surface area contributed by atoms with Crippen LogP contribution in [0.5, 0.6) is 0 Å². The first-order chi connectivity index (χ1) is 6.59. The molecule has 4 heteroatoms. The van der Waals surface area contributed by atoms with Crippen molar-refractivity contribution in [3.63, 3.8) is 0 Å². The second kappa shape index (κ2) is 2.98. The Bertz CT molecular complexity index is 372. The second-order valence-corrected chi connectivity index (χ2v) is 3.73. The zero-order valence-corrected chi connectivity index (χ0v) is 7.49. The molecule has 0 spiro atoms. The van der Waals surface area contributed by atoms with E-state index < -0.39 is 22.9 Å². The van der Waals surface area contributed by atoms with Crippen LogP contribution in [0.3, 0.4) is 0 Å². The Morgan fingerprint density at radius 1 is 1.21 bits per heavy atom. The zero-order chi connectivity index (χ0) is 10.3. The van der Waals surface area contributed by atoms with Crippen LogP contribution in [0.1, 0.15) is 18.4 Å². The van der Waals surface area contributed by atoms with Crippen molar-refractivity contribution in [2.24, 2.45) is 5.73 Å². The molecule has 0 atom stereocenters. The molecule has 1 aliphatic carbocycles. The molecule has 0 aliphatic heterocycles. The Kier molecular flexibility index (Phi) is 2.03. The fraction of sp³-hybridized carbons (Fsp3) is 0.400. The molecule has 0 unspecified atom stereocenters. The van der Waals surface area contributed by atoms with Gasteiger partial charge < -0.3 is 5.73 Å². The van der Waals surface area contributed by atoms with Crippen molar-refractivity contribution in [1.29, 1.82) is 0 Å². The zero-order valence-electron chi connectivity index (χ0n) is 7.49. The van der Waals surface area contributed by atoms with Crippen LogP contribution in [0.25, 0.3) is 0 Å². The van der Waals surface area contributed by atoms with Crippen LogP contribution in [0.4, 0.5) is 13.2 Å². The number of nitrogens with two attached hydrogens (primary N) is 1. The minimum absolute atomic E-state index is 0.0810. The molecule has 2 rings (SSSR count). The molecule has 1 nitrogen and oxygen atoms in total. The fourth-order valence-electron chi connectivity index (χ4n) is 1.68. The summed E-state index contributed by atoms with van der Waals surface area (Å²) in [5.74, 6) is -2.85. The lowest BCUT2D eigenvalue weighted by atomic mass is 9.95. The van der Waals surface area contributed by atoms with E-state index in [1.54, 1.807) is 0 Å². The van der Waals surface area contributed by atoms with Crippen molar-refractivity contribution >= 4 is 0 Å². The molecule has 0 amide bonds. The summed E-state index contributed by atoms with van der Waals surface area (Å²) in [6.07, 6.45) is 1.40. The van der Waals surface area contributed by atoms with Crippen molar-refractivity contribution in [2.75, 3.05) is 6.54 Å². The lowest BCUT2D eigenvalue weighted by Gasteiger charge is -2.14. The SMILES string of the molecule is NCC1(c2cc(F)cc(F)c2F)CC1. The van der Waals surface area contributed by atoms with Gasteiger partial charge in [0.25, 0.3) is 0 Å². The second-order valence-electron chi connectivity index (χ2n) is 3.73. The average Bonchev–Trinajstić information content (AvgIpc) is 2.92. The highest BCUT2D eigenvalue weighted by Gasteiger charge is 2.45. The van der Waals surface area contributed by atoms with E-state index in [-0.39, 0.29) is 12.1 Å². The van der Waals surface area contributed by atoms with Gasteiger partial charge in [0.2, 0.25) is 0 Å². The Hall–Kier alpha value is -1.03. The van der Waals surface area contributed by atoms with E-state index in [0.29, 0.717) is 18.9 Å². The molecule has 0 radical (unpaired) electrons. The maximum atomic E-state index is 13.3. The maximum Gasteiger partial charge on any atom is 0.162 e. The van der Waals surface area contributed by atoms with Crippen LogP contribution in [0, 0.1) is 17.5 Å². The van der Waals surface area contributed by atoms with Gasteiger partial charge in [-0.2, -0.15) is 0 Å². The molecule has 1 aromatic carbocycles. The number of halogens is 3. The molecule has 2 N–H and O–H groups in total. The highest BCUT2D eigenvalue weighted by atomic mass is 19.2. The van der Waals surface area contributed by atoms with E-state index in [1.807, 2.05) is 0 Å². The predicted molar refractivity (Wildman–Crippen MR) is 46.3 cm³/mol. The fourth-order valence-corrected chi connectivity index (χ4v) is 1.68. The third kappa shape index (κ3) is 1.30. The molecule has 0 bridgehead atoms. The van der Waals surface area contributed by atoms with Crippen LogP contribution in [0.15, 0.2) is 12.1 Å². The maximum absolute atomic E-state index is 13.3. The molecule has 1 saturated carbocycles. The molecule has 0 heterocycles. The van der Waals surface area contributed by atoms with Gasteiger partial charge >= 0.3 is 0 Å². The minimum atomic E-state index is -1.14. The Balaban J connectivity index is 2.52. The molecule has 1 aromatic rings. The summed E-state index contributed by atoms with van der Waals surface area (Å²) in [5.41, 5.74) is 5.02. The van der Waals surface area contributed by atoms with Crippen LogP contribution in [-0.4, -0.2) is 6.54 Å². The minimum Gasteiger partial charge on any atom is -0.330 e. The van der Waals surface area contributed by atoms with Crippen LogP contribution in [0.2, 0.25) is 0 Å². The summed E-state index contributed by atoms with van der Waals surface area (Å²) >= 11 is 0. The average molecular weight is 201 g/mol. The van der Waals surface area contributed by atoms with Gasteiger partial charge in [-0.1, -0.05) is 0 Å². The monoisotopic (exact) mass is 201 g/mol. The quantitative estimate of drug-likeness (QED) is 0.728. The van der Waals surface area contributed by atoms with Crippen molar-refractivity contribution in [2.45, 2.75) is 18.3 Å². The Morgan fingerprint density at radius 2 is 1.86 bits per heavy atom. The van der Waals surface area contributed by atoms with E-state index in [2.05, 4.69) is 0 Å². The number of hydrogen-bond acceptors (Lipinski definition) is 1. The number of hydrogen-bond donors (Lipinski definition) is 1. The third-order valence-corrected chi connectivity index (χ3v) is 2.81. The Labute approximate surface area is 79.7 Å². The highest BCUT2D eigenvalue weighted by Crippen LogP contribution is 2.48. The normalized spacial score (nSPS) is 18.3. The van der Waals surface area contributed by atoms with Gasteiger partial charge in [-0.15, -0.1) is 0 Å². The predicted octanol–water partition coefficient (Wildman–Crippen LogP) is 2.09. The number of rotatable bonds is 2. The van der Waals surface area contributed by atoms with Gasteiger partial charge in [0.1, 0.15) is 5.82 Å². The molecule has 14 heavy (non-hydrogen) atoms. The Morgan fingerprint density at radius 3 is 2.36 bits per heavy atom. The smallest absolute Gasteiger partial charge is 0.162 e. The lowest BCUT2D eigenvalue weighted by molar-refractivity contribution is 0.471. The van der Waals surface area contributed by atoms with Gasteiger partial charge in [0, 0.05) is 23.6 Å². The summed E-state index contributed by atoms with van der Waals surface area (Å²) in [4.78, 5) is 0. The third-order valence-electron chi connectivity index (χ3n) is 2.81. The summed E-state index contributed by atoms with van der Waals surface area (Å²) in [6.45, 7) is 0.229. The largest absolute Gasteiger partial charge is 0.330 e. The van der Waals surface area contributed by atoms with E-state index in [1.165, 1.54) is 0 Å². The van der Waals surface area contributed by atoms with E-state index in [9.17, 15) is 13.2 Å². The lowest BCUT2D eigenvalue weighted by Crippen LogP contribution is -2.21. The topological polar surface area (TPSA) is 26.0 Å². The molecule has 0 saturated heterocycles. The van der Waals surface area contributed by atoms with Crippen LogP contribution < -0.4 is 5.73 Å². The summed E-state index contributed by atoms with van der Waals surface area (Å²) < 4.78 is 39.0. The summed E-state index contributed by atoms with van der Waals surface area (Å²) in [6, 6.07) is 1.59. The van der Waals surface area contributed by atoms with Gasteiger partial charge in [0.15, 0.2) is 11.6 Å². The first-order valence-electron chi connectivity index (χ1n) is 4.44. The van der Waals surface area contributed by atoms with Crippen LogP contribution in [-0.2, 0) is 5.41 Å². The van der Waals surface area contributed by atoms with E-state index in [4.69, 9.17) is 5.73 Å². The first kappa shape index (κ1) is 9.52. The standard InChI is InChI=1S/C10H10F3N/c11-6-3-7(9(13)8(12)4-6)10(5-14)1-2-10/h3-4H,1-2,5,14H2. The highest BCUT2D eigenvalue weighted by molar-refractivity contribution is 5.34. The van der Waals surface area contributed by atoms with Gasteiger partial charge in [-0.05, 0) is 18.9 Å². The van der Waals surface area contributed by atoms with Gasteiger partial charge in [0.05, 0.1) is 0 Å². The van der Waals surface area contributed by atoms with Crippen molar-refractivity contribution in [3.8, 4) is 0 Å². The molecule has 76 valence electrons. The summed E-state index contributed by atoms with van der Waals surface area (Å²) in [5, 5.41) is 0. The van der Waals surface area contributed by atoms with Crippen molar-refractivity contribution < 1.29 is 13.2 Å².